The highest BCUT2D eigenvalue weighted by molar-refractivity contribution is 7.07. The summed E-state index contributed by atoms with van der Waals surface area (Å²) in [6.07, 6.45) is 3.31. The molecule has 0 unspecified atom stereocenters. The van der Waals surface area contributed by atoms with Crippen LogP contribution in [0.15, 0.2) is 77.6 Å². The van der Waals surface area contributed by atoms with Crippen molar-refractivity contribution in [1.82, 2.24) is 4.57 Å². The van der Waals surface area contributed by atoms with Crippen molar-refractivity contribution in [1.29, 1.82) is 0 Å². The molecule has 6 nitrogen and oxygen atoms in total. The monoisotopic (exact) mass is 487 g/mol. The normalized spacial score (nSPS) is 12.0. The Labute approximate surface area is 207 Å². The van der Waals surface area contributed by atoms with Crippen LogP contribution in [0.1, 0.15) is 21.5 Å². The molecule has 1 aromatic heterocycles. The number of benzene rings is 3. The summed E-state index contributed by atoms with van der Waals surface area (Å²) in [5.74, 6) is 1.68. The molecule has 0 aliphatic rings. The summed E-state index contributed by atoms with van der Waals surface area (Å²) in [5, 5.41) is 0. The van der Waals surface area contributed by atoms with Gasteiger partial charge in [-0.3, -0.25) is 14.2 Å². The second kappa shape index (κ2) is 10.9. The van der Waals surface area contributed by atoms with Gasteiger partial charge in [0.05, 0.1) is 38.0 Å². The van der Waals surface area contributed by atoms with Crippen LogP contribution in [0.25, 0.3) is 12.2 Å². The Morgan fingerprint density at radius 2 is 1.63 bits per heavy atom. The lowest BCUT2D eigenvalue weighted by atomic mass is 10.1. The van der Waals surface area contributed by atoms with Crippen LogP contribution < -0.4 is 29.0 Å². The van der Waals surface area contributed by atoms with Crippen molar-refractivity contribution < 1.29 is 19.0 Å². The fraction of sp³-hybridized carbons (Fsp3) is 0.143. The number of rotatable bonds is 8. The molecule has 3 aromatic carbocycles. The lowest BCUT2D eigenvalue weighted by molar-refractivity contribution is 0.105. The van der Waals surface area contributed by atoms with Crippen molar-refractivity contribution in [2.75, 3.05) is 21.3 Å². The largest absolute Gasteiger partial charge is 0.497 e. The van der Waals surface area contributed by atoms with Gasteiger partial charge in [-0.15, -0.1) is 11.3 Å². The van der Waals surface area contributed by atoms with Crippen molar-refractivity contribution in [2.24, 2.45) is 0 Å². The Bertz CT molecular complexity index is 1520. The quantitative estimate of drug-likeness (QED) is 0.356. The van der Waals surface area contributed by atoms with E-state index in [1.165, 1.54) is 24.5 Å². The minimum absolute atomic E-state index is 0.173. The van der Waals surface area contributed by atoms with Crippen molar-refractivity contribution >= 4 is 29.3 Å². The van der Waals surface area contributed by atoms with Gasteiger partial charge < -0.3 is 14.2 Å². The molecule has 0 aliphatic heterocycles. The number of thiazole rings is 1. The van der Waals surface area contributed by atoms with E-state index in [9.17, 15) is 9.59 Å². The summed E-state index contributed by atoms with van der Waals surface area (Å²) in [6, 6.07) is 22.0. The Morgan fingerprint density at radius 3 is 2.34 bits per heavy atom. The third-order valence-corrected chi connectivity index (χ3v) is 6.51. The van der Waals surface area contributed by atoms with Crippen LogP contribution in [-0.2, 0) is 6.54 Å². The standard InChI is InChI=1S/C28H25NO5S/c1-32-21-13-11-19(12-14-21)16-26-28(31)29(18-20-7-6-8-22(15-20)33-2)27(35-26)17-24(30)23-9-4-5-10-25(23)34-3/h4-17H,18H2,1-3H3/b26-16-,27-17-. The second-order valence-electron chi connectivity index (χ2n) is 7.67. The molecule has 178 valence electrons. The average Bonchev–Trinajstić information content (AvgIpc) is 3.17. The van der Waals surface area contributed by atoms with Gasteiger partial charge in [0, 0.05) is 6.08 Å². The highest BCUT2D eigenvalue weighted by Gasteiger charge is 2.12. The number of hydrogen-bond donors (Lipinski definition) is 0. The predicted molar refractivity (Wildman–Crippen MR) is 138 cm³/mol. The Balaban J connectivity index is 1.85. The molecule has 35 heavy (non-hydrogen) atoms. The van der Waals surface area contributed by atoms with Crippen LogP contribution in [-0.4, -0.2) is 31.7 Å². The van der Waals surface area contributed by atoms with Crippen LogP contribution >= 0.6 is 11.3 Å². The molecule has 7 heteroatoms. The smallest absolute Gasteiger partial charge is 0.269 e. The zero-order valence-corrected chi connectivity index (χ0v) is 20.5. The van der Waals surface area contributed by atoms with Crippen LogP contribution in [0, 0.1) is 0 Å². The molecular formula is C28H25NO5S. The molecule has 0 aliphatic carbocycles. The molecule has 4 rings (SSSR count). The van der Waals surface area contributed by atoms with Gasteiger partial charge in [-0.1, -0.05) is 36.4 Å². The number of methoxy groups -OCH3 is 3. The maximum atomic E-state index is 13.4. The molecule has 0 radical (unpaired) electrons. The molecule has 1 heterocycles. The van der Waals surface area contributed by atoms with Crippen LogP contribution in [0.4, 0.5) is 0 Å². The number of carbonyl (C=O) groups excluding carboxylic acids is 1. The molecule has 0 N–H and O–H groups in total. The van der Waals surface area contributed by atoms with Crippen molar-refractivity contribution in [3.8, 4) is 17.2 Å². The maximum Gasteiger partial charge on any atom is 0.269 e. The average molecular weight is 488 g/mol. The summed E-state index contributed by atoms with van der Waals surface area (Å²) in [7, 11) is 4.73. The zero-order chi connectivity index (χ0) is 24.8. The maximum absolute atomic E-state index is 13.4. The summed E-state index contributed by atoms with van der Waals surface area (Å²) in [6.45, 7) is 0.300. The summed E-state index contributed by atoms with van der Waals surface area (Å²) in [4.78, 5) is 26.6. The number of ether oxygens (including phenoxy) is 3. The molecule has 0 saturated heterocycles. The topological polar surface area (TPSA) is 66.8 Å². The van der Waals surface area contributed by atoms with Crippen molar-refractivity contribution in [3.05, 3.63) is 109 Å². The lowest BCUT2D eigenvalue weighted by Gasteiger charge is -2.06. The number of aromatic nitrogens is 1. The SMILES string of the molecule is COc1ccc(/C=c2\s/c(=C\C(=O)c3ccccc3OC)n(Cc3cccc(OC)c3)c2=O)cc1. The number of nitrogens with zero attached hydrogens (tertiary/aromatic N) is 1. The third kappa shape index (κ3) is 5.53. The van der Waals surface area contributed by atoms with Crippen LogP contribution in [0.3, 0.4) is 0 Å². The van der Waals surface area contributed by atoms with E-state index in [1.807, 2.05) is 54.6 Å². The summed E-state index contributed by atoms with van der Waals surface area (Å²) >= 11 is 1.27. The van der Waals surface area contributed by atoms with Gasteiger partial charge >= 0.3 is 0 Å². The first-order valence-electron chi connectivity index (χ1n) is 10.9. The molecule has 4 aromatic rings. The molecule has 0 bridgehead atoms. The van der Waals surface area contributed by atoms with E-state index in [0.29, 0.717) is 32.8 Å². The Hall–Kier alpha value is -4.10. The van der Waals surface area contributed by atoms with Gasteiger partial charge in [0.2, 0.25) is 0 Å². The third-order valence-electron chi connectivity index (χ3n) is 5.45. The molecule has 0 fully saturated rings. The van der Waals surface area contributed by atoms with E-state index >= 15 is 0 Å². The number of para-hydroxylation sites is 1. The number of Topliss-reactive ketones (excluding diaryl/α,β-unsaturated/α-hetero) is 1. The number of hydrogen-bond acceptors (Lipinski definition) is 6. The molecule has 0 atom stereocenters. The highest BCUT2D eigenvalue weighted by Crippen LogP contribution is 2.18. The van der Waals surface area contributed by atoms with E-state index in [4.69, 9.17) is 14.2 Å². The summed E-state index contributed by atoms with van der Waals surface area (Å²) < 4.78 is 18.6. The molecule has 0 saturated carbocycles. The minimum Gasteiger partial charge on any atom is -0.497 e. The van der Waals surface area contributed by atoms with Gasteiger partial charge in [-0.25, -0.2) is 0 Å². The Kier molecular flexibility index (Phi) is 7.48. The zero-order valence-electron chi connectivity index (χ0n) is 19.7. The van der Waals surface area contributed by atoms with Gasteiger partial charge in [-0.2, -0.15) is 0 Å². The first-order chi connectivity index (χ1) is 17.0. The van der Waals surface area contributed by atoms with E-state index in [2.05, 4.69) is 0 Å². The molecule has 0 amide bonds. The molecular weight excluding hydrogens is 462 g/mol. The van der Waals surface area contributed by atoms with E-state index < -0.39 is 0 Å². The Morgan fingerprint density at radius 1 is 0.886 bits per heavy atom. The fourth-order valence-corrected chi connectivity index (χ4v) is 4.68. The number of ketones is 1. The van der Waals surface area contributed by atoms with E-state index in [1.54, 1.807) is 43.1 Å². The van der Waals surface area contributed by atoms with Crippen LogP contribution in [0.2, 0.25) is 0 Å². The van der Waals surface area contributed by atoms with Gasteiger partial charge in [0.1, 0.15) is 21.9 Å². The summed E-state index contributed by atoms with van der Waals surface area (Å²) in [5.41, 5.74) is 2.01. The molecule has 0 spiro atoms. The number of carbonyl (C=O) groups is 1. The van der Waals surface area contributed by atoms with Gasteiger partial charge in [0.15, 0.2) is 5.78 Å². The lowest BCUT2D eigenvalue weighted by Crippen LogP contribution is -2.32. The highest BCUT2D eigenvalue weighted by atomic mass is 32.1. The van der Waals surface area contributed by atoms with Crippen molar-refractivity contribution in [3.63, 3.8) is 0 Å². The predicted octanol–water partition coefficient (Wildman–Crippen LogP) is 3.48. The first kappa shape index (κ1) is 24.0. The minimum atomic E-state index is -0.237. The van der Waals surface area contributed by atoms with E-state index in [-0.39, 0.29) is 11.3 Å². The van der Waals surface area contributed by atoms with Crippen molar-refractivity contribution in [2.45, 2.75) is 6.54 Å². The van der Waals surface area contributed by atoms with Crippen LogP contribution in [0.5, 0.6) is 17.2 Å². The van der Waals surface area contributed by atoms with E-state index in [0.717, 1.165) is 16.9 Å². The van der Waals surface area contributed by atoms with Gasteiger partial charge in [-0.05, 0) is 53.6 Å². The first-order valence-corrected chi connectivity index (χ1v) is 11.7. The van der Waals surface area contributed by atoms with Gasteiger partial charge in [0.25, 0.3) is 5.56 Å². The fourth-order valence-electron chi connectivity index (χ4n) is 3.64. The second-order valence-corrected chi connectivity index (χ2v) is 8.74.